The molecule has 2 heterocycles. The highest BCUT2D eigenvalue weighted by Crippen LogP contribution is 2.30. The fourth-order valence-electron chi connectivity index (χ4n) is 1.81. The number of carbonyl (C=O) groups is 1. The lowest BCUT2D eigenvalue weighted by molar-refractivity contribution is -0.140. The van der Waals surface area contributed by atoms with Crippen LogP contribution in [0.15, 0.2) is 23.7 Å². The van der Waals surface area contributed by atoms with E-state index in [9.17, 15) is 18.0 Å². The molecule has 0 radical (unpaired) electrons. The third-order valence-electron chi connectivity index (χ3n) is 2.79. The summed E-state index contributed by atoms with van der Waals surface area (Å²) in [6.07, 6.45) is -2.98. The number of carboxylic acid groups (broad SMARTS) is 1. The Hall–Kier alpha value is -2.00. The zero-order chi connectivity index (χ0) is 16.3. The summed E-state index contributed by atoms with van der Waals surface area (Å²) in [5, 5.41) is 10.3. The molecule has 0 spiro atoms. The van der Waals surface area contributed by atoms with E-state index in [1.807, 2.05) is 0 Å². The number of thiazole rings is 1. The van der Waals surface area contributed by atoms with Crippen molar-refractivity contribution in [2.75, 3.05) is 7.05 Å². The Morgan fingerprint density at radius 2 is 2.14 bits per heavy atom. The van der Waals surface area contributed by atoms with E-state index < -0.39 is 17.8 Å². The second kappa shape index (κ2) is 6.41. The molecule has 0 amide bonds. The second-order valence-corrected chi connectivity index (χ2v) is 5.54. The average molecular weight is 331 g/mol. The molecule has 1 N–H and O–H groups in total. The molecule has 0 aliphatic rings. The summed E-state index contributed by atoms with van der Waals surface area (Å²) in [5.41, 5.74) is -0.487. The first-order valence-corrected chi connectivity index (χ1v) is 7.02. The number of hydrogen-bond acceptors (Lipinski definition) is 5. The van der Waals surface area contributed by atoms with Gasteiger partial charge in [0.15, 0.2) is 5.69 Å². The largest absolute Gasteiger partial charge is 0.478 e. The van der Waals surface area contributed by atoms with E-state index in [4.69, 9.17) is 5.11 Å². The SMILES string of the molecule is CN(Cc1nc(C(F)(F)F)cs1)Cc1ncccc1C(=O)O. The first kappa shape index (κ1) is 16.4. The molecule has 0 atom stereocenters. The molecule has 0 aliphatic carbocycles. The molecule has 2 aromatic rings. The van der Waals surface area contributed by atoms with Gasteiger partial charge in [0.05, 0.1) is 17.8 Å². The Balaban J connectivity index is 2.06. The molecule has 2 aromatic heterocycles. The predicted octanol–water partition coefficient (Wildman–Crippen LogP) is 2.89. The van der Waals surface area contributed by atoms with Crippen LogP contribution in [0.5, 0.6) is 0 Å². The van der Waals surface area contributed by atoms with Crippen molar-refractivity contribution < 1.29 is 23.1 Å². The molecule has 0 saturated heterocycles. The van der Waals surface area contributed by atoms with E-state index in [1.165, 1.54) is 18.3 Å². The Bertz CT molecular complexity index is 673. The van der Waals surface area contributed by atoms with Gasteiger partial charge in [-0.3, -0.25) is 9.88 Å². The van der Waals surface area contributed by atoms with E-state index in [0.717, 1.165) is 16.7 Å². The van der Waals surface area contributed by atoms with Crippen LogP contribution in [0, 0.1) is 0 Å². The Morgan fingerprint density at radius 3 is 2.73 bits per heavy atom. The maximum absolute atomic E-state index is 12.5. The molecule has 118 valence electrons. The minimum Gasteiger partial charge on any atom is -0.478 e. The third-order valence-corrected chi connectivity index (χ3v) is 3.62. The van der Waals surface area contributed by atoms with Gasteiger partial charge in [-0.25, -0.2) is 9.78 Å². The van der Waals surface area contributed by atoms with Crippen LogP contribution in [0.2, 0.25) is 0 Å². The molecular formula is C13H12F3N3O2S. The highest BCUT2D eigenvalue weighted by atomic mass is 32.1. The van der Waals surface area contributed by atoms with Crippen LogP contribution in [0.3, 0.4) is 0 Å². The number of aromatic nitrogens is 2. The van der Waals surface area contributed by atoms with Gasteiger partial charge >= 0.3 is 12.1 Å². The van der Waals surface area contributed by atoms with Crippen molar-refractivity contribution in [2.45, 2.75) is 19.3 Å². The van der Waals surface area contributed by atoms with Gasteiger partial charge in [0.25, 0.3) is 0 Å². The van der Waals surface area contributed by atoms with Crippen LogP contribution in [0.1, 0.15) is 26.8 Å². The fraction of sp³-hybridized carbons (Fsp3) is 0.308. The zero-order valence-corrected chi connectivity index (χ0v) is 12.3. The summed E-state index contributed by atoms with van der Waals surface area (Å²) in [5.74, 6) is -1.09. The van der Waals surface area contributed by atoms with Gasteiger partial charge < -0.3 is 5.11 Å². The summed E-state index contributed by atoms with van der Waals surface area (Å²) < 4.78 is 37.4. The Kier molecular flexibility index (Phi) is 4.77. The van der Waals surface area contributed by atoms with Gasteiger partial charge in [-0.1, -0.05) is 0 Å². The average Bonchev–Trinajstić information content (AvgIpc) is 2.87. The van der Waals surface area contributed by atoms with Gasteiger partial charge in [-0.05, 0) is 19.2 Å². The number of halogens is 3. The maximum Gasteiger partial charge on any atom is 0.434 e. The molecule has 0 bridgehead atoms. The third kappa shape index (κ3) is 4.01. The molecule has 0 aliphatic heterocycles. The van der Waals surface area contributed by atoms with E-state index in [-0.39, 0.29) is 18.7 Å². The quantitative estimate of drug-likeness (QED) is 0.912. The number of alkyl halides is 3. The molecule has 2 rings (SSSR count). The standard InChI is InChI=1S/C13H12F3N3O2S/c1-19(5-9-8(12(20)21)3-2-4-17-9)6-11-18-10(7-22-11)13(14,15)16/h2-4,7H,5-6H2,1H3,(H,20,21). The minimum absolute atomic E-state index is 0.0736. The normalized spacial score (nSPS) is 11.9. The molecule has 22 heavy (non-hydrogen) atoms. The van der Waals surface area contributed by atoms with Crippen molar-refractivity contribution in [3.05, 3.63) is 45.7 Å². The van der Waals surface area contributed by atoms with Crippen molar-refractivity contribution in [3.63, 3.8) is 0 Å². The maximum atomic E-state index is 12.5. The van der Waals surface area contributed by atoms with Crippen LogP contribution in [-0.2, 0) is 19.3 Å². The van der Waals surface area contributed by atoms with Crippen LogP contribution < -0.4 is 0 Å². The van der Waals surface area contributed by atoms with Gasteiger partial charge in [-0.15, -0.1) is 11.3 Å². The van der Waals surface area contributed by atoms with Gasteiger partial charge in [0, 0.05) is 18.1 Å². The van der Waals surface area contributed by atoms with Crippen molar-refractivity contribution in [1.29, 1.82) is 0 Å². The lowest BCUT2D eigenvalue weighted by atomic mass is 10.2. The van der Waals surface area contributed by atoms with Crippen LogP contribution in [0.25, 0.3) is 0 Å². The highest BCUT2D eigenvalue weighted by molar-refractivity contribution is 7.09. The first-order valence-electron chi connectivity index (χ1n) is 6.14. The number of carboxylic acids is 1. The van der Waals surface area contributed by atoms with Gasteiger partial charge in [0.1, 0.15) is 5.01 Å². The molecule has 0 saturated carbocycles. The Labute approximate surface area is 128 Å². The summed E-state index contributed by atoms with van der Waals surface area (Å²) in [4.78, 5) is 20.3. The molecule has 0 aromatic carbocycles. The molecule has 0 unspecified atom stereocenters. The minimum atomic E-state index is -4.45. The topological polar surface area (TPSA) is 66.3 Å². The summed E-state index contributed by atoms with van der Waals surface area (Å²) in [6, 6.07) is 2.95. The van der Waals surface area contributed by atoms with Gasteiger partial charge in [-0.2, -0.15) is 13.2 Å². The van der Waals surface area contributed by atoms with E-state index in [1.54, 1.807) is 11.9 Å². The Morgan fingerprint density at radius 1 is 1.41 bits per heavy atom. The van der Waals surface area contributed by atoms with Crippen molar-refractivity contribution in [1.82, 2.24) is 14.9 Å². The molecule has 9 heteroatoms. The summed E-state index contributed by atoms with van der Waals surface area (Å²) in [7, 11) is 1.66. The summed E-state index contributed by atoms with van der Waals surface area (Å²) in [6.45, 7) is 0.375. The van der Waals surface area contributed by atoms with E-state index >= 15 is 0 Å². The lowest BCUT2D eigenvalue weighted by Crippen LogP contribution is -2.20. The van der Waals surface area contributed by atoms with E-state index in [0.29, 0.717) is 10.7 Å². The monoisotopic (exact) mass is 331 g/mol. The van der Waals surface area contributed by atoms with Crippen LogP contribution >= 0.6 is 11.3 Å². The number of aromatic carboxylic acids is 1. The molecular weight excluding hydrogens is 319 g/mol. The number of rotatable bonds is 5. The smallest absolute Gasteiger partial charge is 0.434 e. The first-order chi connectivity index (χ1) is 10.3. The molecule has 5 nitrogen and oxygen atoms in total. The van der Waals surface area contributed by atoms with Gasteiger partial charge in [0.2, 0.25) is 0 Å². The highest BCUT2D eigenvalue weighted by Gasteiger charge is 2.33. The summed E-state index contributed by atoms with van der Waals surface area (Å²) >= 11 is 0.916. The zero-order valence-electron chi connectivity index (χ0n) is 11.5. The van der Waals surface area contributed by atoms with Crippen LogP contribution in [0.4, 0.5) is 13.2 Å². The van der Waals surface area contributed by atoms with Crippen molar-refractivity contribution >= 4 is 17.3 Å². The number of pyridine rings is 1. The fourth-order valence-corrected chi connectivity index (χ4v) is 2.69. The van der Waals surface area contributed by atoms with Crippen molar-refractivity contribution in [2.24, 2.45) is 0 Å². The molecule has 0 fully saturated rings. The van der Waals surface area contributed by atoms with Crippen molar-refractivity contribution in [3.8, 4) is 0 Å². The lowest BCUT2D eigenvalue weighted by Gasteiger charge is -2.15. The number of hydrogen-bond donors (Lipinski definition) is 1. The second-order valence-electron chi connectivity index (χ2n) is 4.60. The predicted molar refractivity (Wildman–Crippen MR) is 73.5 cm³/mol. The van der Waals surface area contributed by atoms with E-state index in [2.05, 4.69) is 9.97 Å². The number of nitrogens with zero attached hydrogens (tertiary/aromatic N) is 3. The van der Waals surface area contributed by atoms with Crippen LogP contribution in [-0.4, -0.2) is 33.0 Å².